The molecule has 0 aromatic heterocycles. The molecular weight excluding hydrogens is 344 g/mol. The van der Waals surface area contributed by atoms with Gasteiger partial charge in [0.05, 0.1) is 24.6 Å². The molecule has 2 aliphatic rings. The first-order valence-electron chi connectivity index (χ1n) is 8.86. The lowest BCUT2D eigenvalue weighted by Crippen LogP contribution is -2.43. The summed E-state index contributed by atoms with van der Waals surface area (Å²) in [6, 6.07) is 15.3. The molecule has 6 nitrogen and oxygen atoms in total. The third kappa shape index (κ3) is 2.73. The van der Waals surface area contributed by atoms with Crippen molar-refractivity contribution in [1.29, 1.82) is 0 Å². The van der Waals surface area contributed by atoms with Gasteiger partial charge in [-0.05, 0) is 24.6 Å². The van der Waals surface area contributed by atoms with E-state index in [4.69, 9.17) is 4.74 Å². The summed E-state index contributed by atoms with van der Waals surface area (Å²) in [7, 11) is 1.29. The summed E-state index contributed by atoms with van der Waals surface area (Å²) in [4.78, 5) is 39.9. The highest BCUT2D eigenvalue weighted by Crippen LogP contribution is 2.45. The molecule has 2 aromatic rings. The summed E-state index contributed by atoms with van der Waals surface area (Å²) >= 11 is 0. The molecule has 0 spiro atoms. The highest BCUT2D eigenvalue weighted by Gasteiger charge is 2.61. The second-order valence-electron chi connectivity index (χ2n) is 6.95. The Morgan fingerprint density at radius 3 is 2.22 bits per heavy atom. The van der Waals surface area contributed by atoms with Gasteiger partial charge in [0.2, 0.25) is 11.8 Å². The molecule has 2 aromatic carbocycles. The Balaban J connectivity index is 1.77. The minimum atomic E-state index is -0.850. The van der Waals surface area contributed by atoms with E-state index < -0.39 is 29.9 Å². The van der Waals surface area contributed by atoms with Crippen LogP contribution >= 0.6 is 0 Å². The first kappa shape index (κ1) is 17.4. The number of amides is 2. The number of imide groups is 1. The number of aryl methyl sites for hydroxylation is 1. The molecule has 1 N–H and O–H groups in total. The van der Waals surface area contributed by atoms with Crippen molar-refractivity contribution in [3.8, 4) is 0 Å². The van der Waals surface area contributed by atoms with Gasteiger partial charge < -0.3 is 4.74 Å². The zero-order chi connectivity index (χ0) is 19.1. The number of carbonyl (C=O) groups excluding carboxylic acids is 3. The summed E-state index contributed by atoms with van der Waals surface area (Å²) in [5.41, 5.74) is 2.49. The van der Waals surface area contributed by atoms with Gasteiger partial charge in [0, 0.05) is 6.04 Å². The van der Waals surface area contributed by atoms with Crippen LogP contribution in [-0.4, -0.2) is 30.9 Å². The SMILES string of the molecule is COC(=O)[C@H]1N[C@@H](c2ccc(C)cc2)[C@H]2C(=O)N(c3ccccc3)C(=O)[C@H]21. The predicted octanol–water partition coefficient (Wildman–Crippen LogP) is 1.99. The normalized spacial score (nSPS) is 27.0. The van der Waals surface area contributed by atoms with Crippen molar-refractivity contribution >= 4 is 23.5 Å². The Kier molecular flexibility index (Phi) is 4.28. The van der Waals surface area contributed by atoms with Gasteiger partial charge in [0.15, 0.2) is 0 Å². The molecule has 0 unspecified atom stereocenters. The fourth-order valence-electron chi connectivity index (χ4n) is 4.07. The highest BCUT2D eigenvalue weighted by atomic mass is 16.5. The van der Waals surface area contributed by atoms with Crippen LogP contribution in [0.3, 0.4) is 0 Å². The number of hydrogen-bond donors (Lipinski definition) is 1. The lowest BCUT2D eigenvalue weighted by molar-refractivity contribution is -0.145. The number of nitrogens with one attached hydrogen (secondary N) is 1. The van der Waals surface area contributed by atoms with E-state index in [9.17, 15) is 14.4 Å². The maximum Gasteiger partial charge on any atom is 0.323 e. The Labute approximate surface area is 157 Å². The van der Waals surface area contributed by atoms with Crippen molar-refractivity contribution in [2.45, 2.75) is 19.0 Å². The number of carbonyl (C=O) groups is 3. The second-order valence-corrected chi connectivity index (χ2v) is 6.95. The molecule has 4 atom stereocenters. The fraction of sp³-hybridized carbons (Fsp3) is 0.286. The highest BCUT2D eigenvalue weighted by molar-refractivity contribution is 6.23. The molecular formula is C21H20N2O4. The lowest BCUT2D eigenvalue weighted by atomic mass is 9.86. The average Bonchev–Trinajstić information content (AvgIpc) is 3.20. The Morgan fingerprint density at radius 1 is 0.963 bits per heavy atom. The minimum absolute atomic E-state index is 0.291. The van der Waals surface area contributed by atoms with Gasteiger partial charge in [-0.15, -0.1) is 0 Å². The number of para-hydroxylation sites is 1. The first-order valence-corrected chi connectivity index (χ1v) is 8.86. The van der Waals surface area contributed by atoms with Crippen LogP contribution in [0.5, 0.6) is 0 Å². The zero-order valence-corrected chi connectivity index (χ0v) is 15.1. The Morgan fingerprint density at radius 2 is 1.59 bits per heavy atom. The molecule has 0 aliphatic carbocycles. The first-order chi connectivity index (χ1) is 13.0. The molecule has 2 amide bonds. The van der Waals surface area contributed by atoms with Gasteiger partial charge in [-0.25, -0.2) is 4.90 Å². The molecule has 2 fully saturated rings. The van der Waals surface area contributed by atoms with Gasteiger partial charge in [-0.3, -0.25) is 19.7 Å². The van der Waals surface area contributed by atoms with Gasteiger partial charge in [-0.2, -0.15) is 0 Å². The molecule has 0 bridgehead atoms. The van der Waals surface area contributed by atoms with Gasteiger partial charge >= 0.3 is 5.97 Å². The molecule has 2 aliphatic heterocycles. The molecule has 2 heterocycles. The largest absolute Gasteiger partial charge is 0.468 e. The van der Waals surface area contributed by atoms with E-state index in [1.165, 1.54) is 12.0 Å². The average molecular weight is 364 g/mol. The van der Waals surface area contributed by atoms with E-state index >= 15 is 0 Å². The van der Waals surface area contributed by atoms with E-state index in [1.54, 1.807) is 24.3 Å². The number of hydrogen-bond acceptors (Lipinski definition) is 5. The number of rotatable bonds is 3. The zero-order valence-electron chi connectivity index (χ0n) is 15.1. The van der Waals surface area contributed by atoms with E-state index in [1.807, 2.05) is 37.3 Å². The van der Waals surface area contributed by atoms with Gasteiger partial charge in [-0.1, -0.05) is 48.0 Å². The van der Waals surface area contributed by atoms with Crippen molar-refractivity contribution in [3.63, 3.8) is 0 Å². The minimum Gasteiger partial charge on any atom is -0.468 e. The maximum absolute atomic E-state index is 13.2. The third-order valence-electron chi connectivity index (χ3n) is 5.38. The van der Waals surface area contributed by atoms with Crippen LogP contribution in [0.15, 0.2) is 54.6 Å². The molecule has 2 saturated heterocycles. The number of esters is 1. The number of ether oxygens (including phenoxy) is 1. The molecule has 0 radical (unpaired) electrons. The molecule has 4 rings (SSSR count). The molecule has 6 heteroatoms. The summed E-state index contributed by atoms with van der Waals surface area (Å²) < 4.78 is 4.89. The molecule has 27 heavy (non-hydrogen) atoms. The fourth-order valence-corrected chi connectivity index (χ4v) is 4.07. The summed E-state index contributed by atoms with van der Waals surface area (Å²) in [6.45, 7) is 1.98. The smallest absolute Gasteiger partial charge is 0.323 e. The number of fused-ring (bicyclic) bond motifs is 1. The van der Waals surface area contributed by atoms with E-state index in [2.05, 4.69) is 5.32 Å². The van der Waals surface area contributed by atoms with E-state index in [0.717, 1.165) is 11.1 Å². The number of methoxy groups -OCH3 is 1. The van der Waals surface area contributed by atoms with Crippen LogP contribution in [0.2, 0.25) is 0 Å². The van der Waals surface area contributed by atoms with Crippen molar-refractivity contribution in [3.05, 3.63) is 65.7 Å². The van der Waals surface area contributed by atoms with Crippen molar-refractivity contribution < 1.29 is 19.1 Å². The standard InChI is InChI=1S/C21H20N2O4/c1-12-8-10-13(11-9-12)17-15-16(18(22-17)21(26)27-2)20(25)23(19(15)24)14-6-4-3-5-7-14/h3-11,15-18,22H,1-2H3/t15-,16+,17-,18-/m0/s1. The third-order valence-corrected chi connectivity index (χ3v) is 5.38. The Hall–Kier alpha value is -2.99. The van der Waals surface area contributed by atoms with Gasteiger partial charge in [0.1, 0.15) is 6.04 Å². The molecule has 138 valence electrons. The number of nitrogens with zero attached hydrogens (tertiary/aromatic N) is 1. The summed E-state index contributed by atoms with van der Waals surface area (Å²) in [6.07, 6.45) is 0. The van der Waals surface area contributed by atoms with Crippen LogP contribution in [0.25, 0.3) is 0 Å². The summed E-state index contributed by atoms with van der Waals surface area (Å²) in [5.74, 6) is -2.62. The van der Waals surface area contributed by atoms with E-state index in [-0.39, 0.29) is 11.8 Å². The maximum atomic E-state index is 13.2. The Bertz CT molecular complexity index is 894. The summed E-state index contributed by atoms with van der Waals surface area (Å²) in [5, 5.41) is 3.17. The van der Waals surface area contributed by atoms with Crippen molar-refractivity contribution in [2.75, 3.05) is 12.0 Å². The number of anilines is 1. The molecule has 0 saturated carbocycles. The van der Waals surface area contributed by atoms with Crippen LogP contribution in [0.4, 0.5) is 5.69 Å². The van der Waals surface area contributed by atoms with Crippen LogP contribution < -0.4 is 10.2 Å². The van der Waals surface area contributed by atoms with Crippen molar-refractivity contribution in [1.82, 2.24) is 5.32 Å². The number of benzene rings is 2. The monoisotopic (exact) mass is 364 g/mol. The van der Waals surface area contributed by atoms with Gasteiger partial charge in [0.25, 0.3) is 0 Å². The van der Waals surface area contributed by atoms with Crippen LogP contribution in [0.1, 0.15) is 17.2 Å². The van der Waals surface area contributed by atoms with E-state index in [0.29, 0.717) is 5.69 Å². The second kappa shape index (κ2) is 6.63. The predicted molar refractivity (Wildman–Crippen MR) is 98.8 cm³/mol. The topological polar surface area (TPSA) is 75.7 Å². The lowest BCUT2D eigenvalue weighted by Gasteiger charge is -2.22. The van der Waals surface area contributed by atoms with Crippen LogP contribution in [0, 0.1) is 18.8 Å². The van der Waals surface area contributed by atoms with Crippen molar-refractivity contribution in [2.24, 2.45) is 11.8 Å². The van der Waals surface area contributed by atoms with Crippen LogP contribution in [-0.2, 0) is 19.1 Å². The quantitative estimate of drug-likeness (QED) is 0.666.